The molecule has 22 heavy (non-hydrogen) atoms. The first-order valence-corrected chi connectivity index (χ1v) is 8.56. The topological polar surface area (TPSA) is 72.6 Å². The lowest BCUT2D eigenvalue weighted by Crippen LogP contribution is -2.20. The molecule has 1 heterocycles. The molecule has 0 saturated carbocycles. The van der Waals surface area contributed by atoms with Gasteiger partial charge in [-0.1, -0.05) is 18.2 Å². The molecule has 6 heteroatoms. The zero-order valence-electron chi connectivity index (χ0n) is 12.3. The number of hydrogen-bond acceptors (Lipinski definition) is 4. The second-order valence-electron chi connectivity index (χ2n) is 5.32. The van der Waals surface area contributed by atoms with Gasteiger partial charge in [-0.25, -0.2) is 13.6 Å². The van der Waals surface area contributed by atoms with Crippen LogP contribution in [0, 0.1) is 0 Å². The van der Waals surface area contributed by atoms with E-state index in [0.717, 1.165) is 42.1 Å². The molecule has 0 saturated heterocycles. The molecular weight excluding hydrogens is 300 g/mol. The Hall–Kier alpha value is -2.05. The number of rotatable bonds is 4. The fourth-order valence-electron chi connectivity index (χ4n) is 2.83. The highest BCUT2D eigenvalue weighted by molar-refractivity contribution is 7.89. The predicted octanol–water partition coefficient (Wildman–Crippen LogP) is 1.91. The lowest BCUT2D eigenvalue weighted by Gasteiger charge is -2.21. The van der Waals surface area contributed by atoms with Crippen LogP contribution < -0.4 is 14.8 Å². The van der Waals surface area contributed by atoms with Crippen LogP contribution in [0.1, 0.15) is 11.1 Å². The minimum atomic E-state index is -3.65. The van der Waals surface area contributed by atoms with Crippen molar-refractivity contribution in [2.24, 2.45) is 5.14 Å². The molecule has 2 N–H and O–H groups in total. The molecule has 0 radical (unpaired) electrons. The number of hydrogen-bond donors (Lipinski definition) is 1. The quantitative estimate of drug-likeness (QED) is 0.934. The van der Waals surface area contributed by atoms with E-state index in [4.69, 9.17) is 9.88 Å². The van der Waals surface area contributed by atoms with Crippen molar-refractivity contribution in [3.8, 4) is 5.75 Å². The lowest BCUT2D eigenvalue weighted by atomic mass is 10.1. The number of anilines is 1. The second kappa shape index (κ2) is 5.62. The van der Waals surface area contributed by atoms with Crippen molar-refractivity contribution < 1.29 is 13.2 Å². The van der Waals surface area contributed by atoms with E-state index >= 15 is 0 Å². The van der Waals surface area contributed by atoms with Crippen LogP contribution in [0.3, 0.4) is 0 Å². The SMILES string of the molecule is COc1ccccc1CN1CCc2cc(S(N)(=O)=O)ccc21. The van der Waals surface area contributed by atoms with Crippen molar-refractivity contribution >= 4 is 15.7 Å². The van der Waals surface area contributed by atoms with Crippen molar-refractivity contribution in [1.82, 2.24) is 0 Å². The standard InChI is InChI=1S/C16H18N2O3S/c1-21-16-5-3-2-4-13(16)11-18-9-8-12-10-14(22(17,19)20)6-7-15(12)18/h2-7,10H,8-9,11H2,1H3,(H2,17,19,20). The maximum atomic E-state index is 11.4. The molecule has 0 fully saturated rings. The number of nitrogens with two attached hydrogens (primary N) is 1. The van der Waals surface area contributed by atoms with Gasteiger partial charge < -0.3 is 9.64 Å². The average molecular weight is 318 g/mol. The summed E-state index contributed by atoms with van der Waals surface area (Å²) in [5, 5.41) is 5.19. The zero-order valence-corrected chi connectivity index (χ0v) is 13.1. The van der Waals surface area contributed by atoms with Crippen molar-refractivity contribution in [3.63, 3.8) is 0 Å². The fraction of sp³-hybridized carbons (Fsp3) is 0.250. The normalized spacial score (nSPS) is 14.0. The van der Waals surface area contributed by atoms with E-state index in [2.05, 4.69) is 4.90 Å². The van der Waals surface area contributed by atoms with Crippen LogP contribution in [0.25, 0.3) is 0 Å². The van der Waals surface area contributed by atoms with Crippen LogP contribution in [0.2, 0.25) is 0 Å². The summed E-state index contributed by atoms with van der Waals surface area (Å²) in [6.07, 6.45) is 0.813. The van der Waals surface area contributed by atoms with Crippen LogP contribution in [-0.4, -0.2) is 22.1 Å². The number of sulfonamides is 1. The number of benzene rings is 2. The lowest BCUT2D eigenvalue weighted by molar-refractivity contribution is 0.409. The number of fused-ring (bicyclic) bond motifs is 1. The minimum absolute atomic E-state index is 0.172. The minimum Gasteiger partial charge on any atom is -0.496 e. The van der Waals surface area contributed by atoms with Gasteiger partial charge in [0.05, 0.1) is 12.0 Å². The van der Waals surface area contributed by atoms with Gasteiger partial charge >= 0.3 is 0 Å². The Morgan fingerprint density at radius 2 is 2.00 bits per heavy atom. The van der Waals surface area contributed by atoms with Crippen LogP contribution in [0.5, 0.6) is 5.75 Å². The van der Waals surface area contributed by atoms with Crippen LogP contribution in [0.4, 0.5) is 5.69 Å². The third kappa shape index (κ3) is 2.80. The first kappa shape index (κ1) is 14.9. The zero-order chi connectivity index (χ0) is 15.7. The molecule has 0 aliphatic carbocycles. The summed E-state index contributed by atoms with van der Waals surface area (Å²) in [5.74, 6) is 0.858. The Morgan fingerprint density at radius 3 is 2.73 bits per heavy atom. The van der Waals surface area contributed by atoms with Crippen molar-refractivity contribution in [2.45, 2.75) is 17.9 Å². The van der Waals surface area contributed by atoms with E-state index in [9.17, 15) is 8.42 Å². The number of ether oxygens (including phenoxy) is 1. The van der Waals surface area contributed by atoms with Crippen molar-refractivity contribution in [2.75, 3.05) is 18.6 Å². The van der Waals surface area contributed by atoms with E-state index in [1.54, 1.807) is 19.2 Å². The third-order valence-electron chi connectivity index (χ3n) is 3.92. The van der Waals surface area contributed by atoms with Gasteiger partial charge in [-0.3, -0.25) is 0 Å². The fourth-order valence-corrected chi connectivity index (χ4v) is 3.39. The van der Waals surface area contributed by atoms with Gasteiger partial charge in [0, 0.05) is 24.3 Å². The molecule has 0 bridgehead atoms. The van der Waals surface area contributed by atoms with Crippen molar-refractivity contribution in [3.05, 3.63) is 53.6 Å². The van der Waals surface area contributed by atoms with Gasteiger partial charge in [0.1, 0.15) is 5.75 Å². The predicted molar refractivity (Wildman–Crippen MR) is 85.6 cm³/mol. The number of primary sulfonamides is 1. The summed E-state index contributed by atoms with van der Waals surface area (Å²) in [6.45, 7) is 1.58. The first-order valence-electron chi connectivity index (χ1n) is 7.01. The number of methoxy groups -OCH3 is 1. The van der Waals surface area contributed by atoms with E-state index in [1.165, 1.54) is 0 Å². The molecule has 0 aromatic heterocycles. The highest BCUT2D eigenvalue weighted by Crippen LogP contribution is 2.32. The van der Waals surface area contributed by atoms with Gasteiger partial charge in [-0.15, -0.1) is 0 Å². The molecule has 0 amide bonds. The summed E-state index contributed by atoms with van der Waals surface area (Å²) in [7, 11) is -1.99. The van der Waals surface area contributed by atoms with Gasteiger partial charge in [-0.05, 0) is 36.2 Å². The second-order valence-corrected chi connectivity index (χ2v) is 6.88. The molecule has 2 aromatic carbocycles. The first-order chi connectivity index (χ1) is 10.5. The molecule has 2 aromatic rings. The third-order valence-corrected chi connectivity index (χ3v) is 4.84. The van der Waals surface area contributed by atoms with Crippen LogP contribution in [0.15, 0.2) is 47.4 Å². The molecular formula is C16H18N2O3S. The molecule has 0 spiro atoms. The van der Waals surface area contributed by atoms with E-state index in [-0.39, 0.29) is 4.90 Å². The Balaban J connectivity index is 1.89. The summed E-state index contributed by atoms with van der Waals surface area (Å²) < 4.78 is 28.3. The Labute approximate surface area is 130 Å². The Morgan fingerprint density at radius 1 is 1.23 bits per heavy atom. The van der Waals surface area contributed by atoms with E-state index < -0.39 is 10.0 Å². The van der Waals surface area contributed by atoms with E-state index in [0.29, 0.717) is 0 Å². The molecule has 1 aliphatic rings. The summed E-state index contributed by atoms with van der Waals surface area (Å²) in [5.41, 5.74) is 3.17. The molecule has 0 atom stereocenters. The summed E-state index contributed by atoms with van der Waals surface area (Å²) >= 11 is 0. The molecule has 116 valence electrons. The number of para-hydroxylation sites is 1. The van der Waals surface area contributed by atoms with E-state index in [1.807, 2.05) is 30.3 Å². The van der Waals surface area contributed by atoms with Gasteiger partial charge in [0.2, 0.25) is 10.0 Å². The van der Waals surface area contributed by atoms with Gasteiger partial charge in [0.25, 0.3) is 0 Å². The molecule has 1 aliphatic heterocycles. The molecule has 5 nitrogen and oxygen atoms in total. The summed E-state index contributed by atoms with van der Waals surface area (Å²) in [6, 6.07) is 13.0. The van der Waals surface area contributed by atoms with Gasteiger partial charge in [-0.2, -0.15) is 0 Å². The summed E-state index contributed by atoms with van der Waals surface area (Å²) in [4.78, 5) is 2.39. The Kier molecular flexibility index (Phi) is 3.80. The van der Waals surface area contributed by atoms with Gasteiger partial charge in [0.15, 0.2) is 0 Å². The maximum absolute atomic E-state index is 11.4. The monoisotopic (exact) mass is 318 g/mol. The largest absolute Gasteiger partial charge is 0.496 e. The van der Waals surface area contributed by atoms with Crippen molar-refractivity contribution in [1.29, 1.82) is 0 Å². The highest BCUT2D eigenvalue weighted by atomic mass is 32.2. The maximum Gasteiger partial charge on any atom is 0.238 e. The molecule has 0 unspecified atom stereocenters. The van der Waals surface area contributed by atoms with Crippen LogP contribution in [-0.2, 0) is 23.0 Å². The highest BCUT2D eigenvalue weighted by Gasteiger charge is 2.22. The Bertz CT molecular complexity index is 803. The number of nitrogens with zero attached hydrogens (tertiary/aromatic N) is 1. The van der Waals surface area contributed by atoms with Crippen LogP contribution >= 0.6 is 0 Å². The smallest absolute Gasteiger partial charge is 0.238 e. The average Bonchev–Trinajstić information content (AvgIpc) is 2.89. The molecule has 3 rings (SSSR count).